The van der Waals surface area contributed by atoms with Crippen molar-refractivity contribution in [3.05, 3.63) is 33.8 Å². The molecule has 0 amide bonds. The molecular formula is C20H24N2O7. The molecule has 9 nitrogen and oxygen atoms in total. The van der Waals surface area contributed by atoms with Gasteiger partial charge in [0.1, 0.15) is 5.60 Å². The van der Waals surface area contributed by atoms with Gasteiger partial charge in [-0.15, -0.1) is 0 Å². The second-order valence-electron chi connectivity index (χ2n) is 7.89. The SMILES string of the molecule is Cc1c(N)c2c3oc(C(=O)OC(C)(C)C)c(O)c(=O)c3ccc2n1CC(O)CO. The van der Waals surface area contributed by atoms with Crippen molar-refractivity contribution in [1.29, 1.82) is 0 Å². The third kappa shape index (κ3) is 3.54. The monoisotopic (exact) mass is 404 g/mol. The number of aromatic nitrogens is 1. The van der Waals surface area contributed by atoms with Gasteiger partial charge in [-0.3, -0.25) is 4.79 Å². The average molecular weight is 404 g/mol. The fraction of sp³-hybridized carbons (Fsp3) is 0.400. The zero-order valence-corrected chi connectivity index (χ0v) is 16.6. The van der Waals surface area contributed by atoms with Gasteiger partial charge in [0, 0.05) is 5.69 Å². The summed E-state index contributed by atoms with van der Waals surface area (Å²) in [6, 6.07) is 3.05. The first-order valence-electron chi connectivity index (χ1n) is 9.05. The van der Waals surface area contributed by atoms with Gasteiger partial charge in [0.05, 0.1) is 41.2 Å². The van der Waals surface area contributed by atoms with Crippen molar-refractivity contribution in [2.24, 2.45) is 0 Å². The topological polar surface area (TPSA) is 148 Å². The van der Waals surface area contributed by atoms with E-state index < -0.39 is 41.2 Å². The Balaban J connectivity index is 2.33. The lowest BCUT2D eigenvalue weighted by Gasteiger charge is -2.19. The molecule has 29 heavy (non-hydrogen) atoms. The number of rotatable bonds is 4. The van der Waals surface area contributed by atoms with Gasteiger partial charge in [-0.05, 0) is 39.8 Å². The first-order valence-corrected chi connectivity index (χ1v) is 9.05. The predicted molar refractivity (Wildman–Crippen MR) is 107 cm³/mol. The predicted octanol–water partition coefficient (Wildman–Crippen LogP) is 1.65. The van der Waals surface area contributed by atoms with Crippen LogP contribution in [0.15, 0.2) is 21.3 Å². The van der Waals surface area contributed by atoms with Gasteiger partial charge in [0.2, 0.25) is 11.2 Å². The molecule has 1 unspecified atom stereocenters. The number of nitrogens with two attached hydrogens (primary N) is 1. The van der Waals surface area contributed by atoms with E-state index in [0.717, 1.165) is 0 Å². The number of carbonyl (C=O) groups is 1. The molecule has 3 aromatic rings. The van der Waals surface area contributed by atoms with E-state index in [4.69, 9.17) is 20.0 Å². The van der Waals surface area contributed by atoms with Gasteiger partial charge < -0.3 is 34.8 Å². The Morgan fingerprint density at radius 2 is 2.00 bits per heavy atom. The number of benzene rings is 1. The summed E-state index contributed by atoms with van der Waals surface area (Å²) >= 11 is 0. The van der Waals surface area contributed by atoms with Gasteiger partial charge in [-0.2, -0.15) is 0 Å². The number of hydrogen-bond acceptors (Lipinski definition) is 8. The number of hydrogen-bond donors (Lipinski definition) is 4. The van der Waals surface area contributed by atoms with Crippen molar-refractivity contribution in [3.63, 3.8) is 0 Å². The number of anilines is 1. The van der Waals surface area contributed by atoms with Gasteiger partial charge >= 0.3 is 5.97 Å². The molecule has 5 N–H and O–H groups in total. The standard InChI is InChI=1S/C20H24N2O7/c1-9-14(21)13-12(22(9)7-10(24)8-23)6-5-11-15(25)16(26)18(28-17(11)13)19(27)29-20(2,3)4/h5-6,10,23-24,26H,7-8,21H2,1-4H3. The highest BCUT2D eigenvalue weighted by Crippen LogP contribution is 2.35. The fourth-order valence-electron chi connectivity index (χ4n) is 3.20. The van der Waals surface area contributed by atoms with Crippen LogP contribution in [0.2, 0.25) is 0 Å². The van der Waals surface area contributed by atoms with Crippen LogP contribution in [0.1, 0.15) is 37.0 Å². The maximum atomic E-state index is 12.7. The van der Waals surface area contributed by atoms with E-state index in [1.807, 2.05) is 0 Å². The van der Waals surface area contributed by atoms with Crippen LogP contribution in [0.4, 0.5) is 5.69 Å². The van der Waals surface area contributed by atoms with Crippen LogP contribution in [0.3, 0.4) is 0 Å². The molecule has 2 heterocycles. The van der Waals surface area contributed by atoms with Crippen LogP contribution >= 0.6 is 0 Å². The zero-order chi connectivity index (χ0) is 21.7. The molecule has 2 aromatic heterocycles. The number of nitrogens with zero attached hydrogens (tertiary/aromatic N) is 1. The molecule has 0 aliphatic rings. The molecule has 156 valence electrons. The number of esters is 1. The number of nitrogen functional groups attached to an aromatic ring is 1. The smallest absolute Gasteiger partial charge is 0.378 e. The number of fused-ring (bicyclic) bond motifs is 3. The first kappa shape index (κ1) is 20.7. The Hall–Kier alpha value is -3.04. The fourth-order valence-corrected chi connectivity index (χ4v) is 3.20. The Bertz CT molecular complexity index is 1170. The van der Waals surface area contributed by atoms with E-state index in [0.29, 0.717) is 22.3 Å². The Morgan fingerprint density at radius 1 is 1.34 bits per heavy atom. The van der Waals surface area contributed by atoms with Crippen molar-refractivity contribution in [2.45, 2.75) is 45.9 Å². The minimum absolute atomic E-state index is 0.0315. The third-order valence-corrected chi connectivity index (χ3v) is 4.56. The van der Waals surface area contributed by atoms with Crippen LogP contribution < -0.4 is 11.2 Å². The molecule has 1 aromatic carbocycles. The van der Waals surface area contributed by atoms with E-state index in [9.17, 15) is 19.8 Å². The highest BCUT2D eigenvalue weighted by atomic mass is 16.6. The molecule has 0 spiro atoms. The molecule has 0 fully saturated rings. The van der Waals surface area contributed by atoms with Crippen molar-refractivity contribution >= 4 is 33.5 Å². The molecule has 1 atom stereocenters. The number of carbonyl (C=O) groups excluding carboxylic acids is 1. The average Bonchev–Trinajstić information content (AvgIpc) is 2.87. The molecule has 0 aliphatic heterocycles. The number of aliphatic hydroxyl groups is 2. The zero-order valence-electron chi connectivity index (χ0n) is 16.6. The van der Waals surface area contributed by atoms with Crippen molar-refractivity contribution in [1.82, 2.24) is 4.57 Å². The number of aliphatic hydroxyl groups excluding tert-OH is 2. The number of ether oxygens (including phenoxy) is 1. The quantitative estimate of drug-likeness (QED) is 0.480. The van der Waals surface area contributed by atoms with Crippen LogP contribution in [0.25, 0.3) is 21.9 Å². The highest BCUT2D eigenvalue weighted by Gasteiger charge is 2.27. The first-order chi connectivity index (χ1) is 13.5. The maximum Gasteiger partial charge on any atom is 0.378 e. The lowest BCUT2D eigenvalue weighted by atomic mass is 10.1. The number of aromatic hydroxyl groups is 1. The van der Waals surface area contributed by atoms with E-state index >= 15 is 0 Å². The molecule has 0 saturated heterocycles. The molecule has 0 bridgehead atoms. The largest absolute Gasteiger partial charge is 0.501 e. The maximum absolute atomic E-state index is 12.7. The Labute approximate surface area is 165 Å². The van der Waals surface area contributed by atoms with Gasteiger partial charge in [0.25, 0.3) is 5.76 Å². The highest BCUT2D eigenvalue weighted by molar-refractivity contribution is 6.11. The minimum Gasteiger partial charge on any atom is -0.501 e. The van der Waals surface area contributed by atoms with Crippen LogP contribution in [-0.2, 0) is 11.3 Å². The molecule has 0 aliphatic carbocycles. The van der Waals surface area contributed by atoms with Crippen LogP contribution in [0, 0.1) is 6.92 Å². The summed E-state index contributed by atoms with van der Waals surface area (Å²) in [5.41, 5.74) is 6.05. The lowest BCUT2D eigenvalue weighted by Crippen LogP contribution is -2.24. The van der Waals surface area contributed by atoms with Gasteiger partial charge in [-0.25, -0.2) is 4.79 Å². The van der Waals surface area contributed by atoms with E-state index in [1.54, 1.807) is 38.3 Å². The summed E-state index contributed by atoms with van der Waals surface area (Å²) in [5, 5.41) is 29.6. The van der Waals surface area contributed by atoms with E-state index in [-0.39, 0.29) is 17.5 Å². The van der Waals surface area contributed by atoms with Crippen molar-refractivity contribution in [3.8, 4) is 5.75 Å². The van der Waals surface area contributed by atoms with Gasteiger partial charge in [-0.1, -0.05) is 0 Å². The summed E-state index contributed by atoms with van der Waals surface area (Å²) in [7, 11) is 0. The lowest BCUT2D eigenvalue weighted by molar-refractivity contribution is 0.00322. The normalized spacial score (nSPS) is 13.2. The van der Waals surface area contributed by atoms with Crippen molar-refractivity contribution < 1.29 is 29.3 Å². The van der Waals surface area contributed by atoms with E-state index in [1.165, 1.54) is 6.07 Å². The van der Waals surface area contributed by atoms with E-state index in [2.05, 4.69) is 0 Å². The summed E-state index contributed by atoms with van der Waals surface area (Å²) in [5.74, 6) is -2.42. The molecule has 0 radical (unpaired) electrons. The van der Waals surface area contributed by atoms with Gasteiger partial charge in [0.15, 0.2) is 5.58 Å². The second kappa shape index (κ2) is 7.09. The molecular weight excluding hydrogens is 380 g/mol. The Kier molecular flexibility index (Phi) is 5.06. The minimum atomic E-state index is -1.01. The third-order valence-electron chi connectivity index (χ3n) is 4.56. The molecule has 9 heteroatoms. The second-order valence-corrected chi connectivity index (χ2v) is 7.89. The summed E-state index contributed by atoms with van der Waals surface area (Å²) < 4.78 is 12.5. The van der Waals surface area contributed by atoms with Crippen molar-refractivity contribution in [2.75, 3.05) is 12.3 Å². The Morgan fingerprint density at radius 3 is 2.59 bits per heavy atom. The summed E-state index contributed by atoms with van der Waals surface area (Å²) in [6.07, 6.45) is -1.01. The summed E-state index contributed by atoms with van der Waals surface area (Å²) in [6.45, 7) is 6.30. The van der Waals surface area contributed by atoms with Crippen LogP contribution in [0.5, 0.6) is 5.75 Å². The van der Waals surface area contributed by atoms with Crippen LogP contribution in [-0.4, -0.2) is 44.2 Å². The molecule has 3 rings (SSSR count). The summed E-state index contributed by atoms with van der Waals surface area (Å²) in [4.78, 5) is 25.1. The molecule has 0 saturated carbocycles.